The zero-order valence-corrected chi connectivity index (χ0v) is 11.8. The van der Waals surface area contributed by atoms with Gasteiger partial charge in [0.1, 0.15) is 5.82 Å². The predicted octanol–water partition coefficient (Wildman–Crippen LogP) is 3.20. The fourth-order valence-electron chi connectivity index (χ4n) is 3.33. The molecule has 2 aliphatic heterocycles. The molecule has 0 aromatic heterocycles. The zero-order chi connectivity index (χ0) is 13.2. The van der Waals surface area contributed by atoms with Gasteiger partial charge in [0.15, 0.2) is 0 Å². The molecule has 0 bridgehead atoms. The molecular weight excluding hydrogens is 263 g/mol. The minimum absolute atomic E-state index is 0.270. The van der Waals surface area contributed by atoms with Crippen LogP contribution in [0.15, 0.2) is 18.2 Å². The first-order valence-corrected chi connectivity index (χ1v) is 7.51. The number of hydrogen-bond acceptors (Lipinski definition) is 2. The van der Waals surface area contributed by atoms with Gasteiger partial charge in [-0.1, -0.05) is 17.7 Å². The van der Waals surface area contributed by atoms with Gasteiger partial charge in [0.2, 0.25) is 0 Å². The second kappa shape index (κ2) is 5.78. The van der Waals surface area contributed by atoms with Gasteiger partial charge in [-0.25, -0.2) is 4.39 Å². The van der Waals surface area contributed by atoms with Crippen LogP contribution in [0.4, 0.5) is 4.39 Å². The number of fused-ring (bicyclic) bond motifs is 1. The molecule has 2 fully saturated rings. The van der Waals surface area contributed by atoms with Crippen molar-refractivity contribution in [3.8, 4) is 0 Å². The van der Waals surface area contributed by atoms with Crippen LogP contribution in [0.3, 0.4) is 0 Å². The SMILES string of the molecule is Fc1ccc(CNC2CCN3CCCC3C2)c(Cl)c1. The van der Waals surface area contributed by atoms with Crippen molar-refractivity contribution in [3.63, 3.8) is 0 Å². The van der Waals surface area contributed by atoms with Gasteiger partial charge >= 0.3 is 0 Å². The van der Waals surface area contributed by atoms with E-state index >= 15 is 0 Å². The second-order valence-corrected chi connectivity index (χ2v) is 6.08. The largest absolute Gasteiger partial charge is 0.310 e. The summed E-state index contributed by atoms with van der Waals surface area (Å²) in [4.78, 5) is 2.61. The van der Waals surface area contributed by atoms with Crippen LogP contribution in [0.1, 0.15) is 31.2 Å². The fourth-order valence-corrected chi connectivity index (χ4v) is 3.56. The Morgan fingerprint density at radius 1 is 1.32 bits per heavy atom. The summed E-state index contributed by atoms with van der Waals surface area (Å²) >= 11 is 6.05. The van der Waals surface area contributed by atoms with Crippen LogP contribution in [0.2, 0.25) is 5.02 Å². The number of nitrogens with one attached hydrogen (secondary N) is 1. The highest BCUT2D eigenvalue weighted by Crippen LogP contribution is 2.27. The van der Waals surface area contributed by atoms with E-state index in [1.54, 1.807) is 6.07 Å². The molecule has 2 unspecified atom stereocenters. The summed E-state index contributed by atoms with van der Waals surface area (Å²) in [7, 11) is 0. The number of benzene rings is 1. The van der Waals surface area contributed by atoms with Gasteiger partial charge < -0.3 is 10.2 Å². The number of halogens is 2. The van der Waals surface area contributed by atoms with E-state index in [-0.39, 0.29) is 5.82 Å². The molecule has 2 atom stereocenters. The number of piperidine rings is 1. The molecule has 2 heterocycles. The predicted molar refractivity (Wildman–Crippen MR) is 75.9 cm³/mol. The summed E-state index contributed by atoms with van der Waals surface area (Å²) < 4.78 is 13.0. The van der Waals surface area contributed by atoms with Crippen LogP contribution in [-0.4, -0.2) is 30.1 Å². The Kier molecular flexibility index (Phi) is 4.06. The van der Waals surface area contributed by atoms with Gasteiger partial charge in [-0.2, -0.15) is 0 Å². The summed E-state index contributed by atoms with van der Waals surface area (Å²) in [5.74, 6) is -0.270. The molecule has 1 aromatic carbocycles. The summed E-state index contributed by atoms with van der Waals surface area (Å²) in [5, 5.41) is 4.10. The number of rotatable bonds is 3. The van der Waals surface area contributed by atoms with Gasteiger partial charge in [0.05, 0.1) is 0 Å². The molecule has 2 saturated heterocycles. The summed E-state index contributed by atoms with van der Waals surface area (Å²) in [6.07, 6.45) is 5.13. The first-order chi connectivity index (χ1) is 9.22. The average molecular weight is 283 g/mol. The Bertz CT molecular complexity index is 452. The van der Waals surface area contributed by atoms with Gasteiger partial charge in [0.25, 0.3) is 0 Å². The van der Waals surface area contributed by atoms with Crippen LogP contribution in [0, 0.1) is 5.82 Å². The third-order valence-electron chi connectivity index (χ3n) is 4.42. The topological polar surface area (TPSA) is 15.3 Å². The molecule has 0 amide bonds. The van der Waals surface area contributed by atoms with E-state index in [9.17, 15) is 4.39 Å². The first-order valence-electron chi connectivity index (χ1n) is 7.14. The third-order valence-corrected chi connectivity index (χ3v) is 4.77. The maximum absolute atomic E-state index is 13.0. The molecule has 4 heteroatoms. The van der Waals surface area contributed by atoms with E-state index in [4.69, 9.17) is 11.6 Å². The summed E-state index contributed by atoms with van der Waals surface area (Å²) in [6, 6.07) is 5.98. The monoisotopic (exact) mass is 282 g/mol. The quantitative estimate of drug-likeness (QED) is 0.916. The molecule has 3 rings (SSSR count). The first kappa shape index (κ1) is 13.3. The van der Waals surface area contributed by atoms with E-state index in [0.29, 0.717) is 11.1 Å². The smallest absolute Gasteiger partial charge is 0.124 e. The Labute approximate surface area is 118 Å². The lowest BCUT2D eigenvalue weighted by Crippen LogP contribution is -2.45. The fraction of sp³-hybridized carbons (Fsp3) is 0.600. The van der Waals surface area contributed by atoms with Crippen LogP contribution >= 0.6 is 11.6 Å². The van der Waals surface area contributed by atoms with Crippen LogP contribution in [0.25, 0.3) is 0 Å². The van der Waals surface area contributed by atoms with Crippen LogP contribution < -0.4 is 5.32 Å². The highest BCUT2D eigenvalue weighted by Gasteiger charge is 2.31. The molecular formula is C15H20ClFN2. The van der Waals surface area contributed by atoms with Crippen molar-refractivity contribution >= 4 is 11.6 Å². The van der Waals surface area contributed by atoms with Gasteiger partial charge in [-0.3, -0.25) is 0 Å². The normalized spacial score (nSPS) is 27.5. The summed E-state index contributed by atoms with van der Waals surface area (Å²) in [6.45, 7) is 3.22. The van der Waals surface area contributed by atoms with Crippen molar-refractivity contribution in [1.29, 1.82) is 0 Å². The molecule has 2 nitrogen and oxygen atoms in total. The Morgan fingerprint density at radius 2 is 2.21 bits per heavy atom. The molecule has 1 N–H and O–H groups in total. The van der Waals surface area contributed by atoms with Crippen molar-refractivity contribution in [2.45, 2.75) is 44.3 Å². The highest BCUT2D eigenvalue weighted by atomic mass is 35.5. The molecule has 0 spiro atoms. The minimum Gasteiger partial charge on any atom is -0.310 e. The maximum atomic E-state index is 13.0. The highest BCUT2D eigenvalue weighted by molar-refractivity contribution is 6.31. The van der Waals surface area contributed by atoms with Crippen molar-refractivity contribution in [1.82, 2.24) is 10.2 Å². The third kappa shape index (κ3) is 3.10. The Hall–Kier alpha value is -0.640. The van der Waals surface area contributed by atoms with E-state index in [2.05, 4.69) is 10.2 Å². The summed E-state index contributed by atoms with van der Waals surface area (Å²) in [5.41, 5.74) is 0.983. The van der Waals surface area contributed by atoms with Gasteiger partial charge in [-0.05, 0) is 56.5 Å². The minimum atomic E-state index is -0.270. The van der Waals surface area contributed by atoms with Crippen molar-refractivity contribution in [3.05, 3.63) is 34.6 Å². The number of nitrogens with zero attached hydrogens (tertiary/aromatic N) is 1. The van der Waals surface area contributed by atoms with E-state index in [1.165, 1.54) is 50.9 Å². The zero-order valence-electron chi connectivity index (χ0n) is 11.0. The van der Waals surface area contributed by atoms with Crippen molar-refractivity contribution in [2.24, 2.45) is 0 Å². The molecule has 104 valence electrons. The molecule has 0 saturated carbocycles. The molecule has 2 aliphatic rings. The van der Waals surface area contributed by atoms with Crippen LogP contribution in [-0.2, 0) is 6.54 Å². The lowest BCUT2D eigenvalue weighted by molar-refractivity contribution is 0.166. The number of hydrogen-bond donors (Lipinski definition) is 1. The standard InChI is InChI=1S/C15H20ClFN2/c16-15-8-12(17)4-3-11(15)10-18-13-5-7-19-6-1-2-14(19)9-13/h3-4,8,13-14,18H,1-2,5-7,9-10H2. The van der Waals surface area contributed by atoms with E-state index in [1.807, 2.05) is 0 Å². The second-order valence-electron chi connectivity index (χ2n) is 5.67. The van der Waals surface area contributed by atoms with E-state index < -0.39 is 0 Å². The Morgan fingerprint density at radius 3 is 3.05 bits per heavy atom. The molecule has 0 aliphatic carbocycles. The lowest BCUT2D eigenvalue weighted by atomic mass is 9.97. The van der Waals surface area contributed by atoms with Crippen LogP contribution in [0.5, 0.6) is 0 Å². The molecule has 19 heavy (non-hydrogen) atoms. The lowest BCUT2D eigenvalue weighted by Gasteiger charge is -2.35. The van der Waals surface area contributed by atoms with Crippen molar-refractivity contribution < 1.29 is 4.39 Å². The maximum Gasteiger partial charge on any atom is 0.124 e. The van der Waals surface area contributed by atoms with Gasteiger partial charge in [0, 0.05) is 23.7 Å². The average Bonchev–Trinajstić information content (AvgIpc) is 2.85. The molecule has 1 aromatic rings. The van der Waals surface area contributed by atoms with Gasteiger partial charge in [-0.15, -0.1) is 0 Å². The molecule has 0 radical (unpaired) electrons. The van der Waals surface area contributed by atoms with Crippen molar-refractivity contribution in [2.75, 3.05) is 13.1 Å². The van der Waals surface area contributed by atoms with E-state index in [0.717, 1.165) is 18.2 Å². The Balaban J connectivity index is 1.54.